The first kappa shape index (κ1) is 17.2. The fourth-order valence-corrected chi connectivity index (χ4v) is 2.47. The number of aliphatic carboxylic acids is 1. The number of rotatable bonds is 5. The molecule has 7 heteroatoms. The molecule has 0 spiro atoms. The van der Waals surface area contributed by atoms with Crippen LogP contribution in [0.3, 0.4) is 0 Å². The van der Waals surface area contributed by atoms with E-state index >= 15 is 0 Å². The maximum Gasteiger partial charge on any atom is 0.333 e. The average molecular weight is 297 g/mol. The summed E-state index contributed by atoms with van der Waals surface area (Å²) >= 11 is 0. The highest BCUT2D eigenvalue weighted by Crippen LogP contribution is 2.20. The third-order valence-electron chi connectivity index (χ3n) is 3.68. The van der Waals surface area contributed by atoms with Gasteiger partial charge in [-0.25, -0.2) is 4.79 Å². The zero-order chi connectivity index (χ0) is 16.2. The Kier molecular flexibility index (Phi) is 5.90. The van der Waals surface area contributed by atoms with E-state index < -0.39 is 18.2 Å². The molecule has 0 fully saturated rings. The third kappa shape index (κ3) is 4.04. The smallest absolute Gasteiger partial charge is 0.333 e. The zero-order valence-corrected chi connectivity index (χ0v) is 12.6. The normalized spacial score (nSPS) is 22.0. The number of amides is 2. The predicted molar refractivity (Wildman–Crippen MR) is 77.1 cm³/mol. The van der Waals surface area contributed by atoms with Gasteiger partial charge in [0.15, 0.2) is 0 Å². The molecule has 1 heterocycles. The minimum absolute atomic E-state index is 0.0523. The van der Waals surface area contributed by atoms with Crippen molar-refractivity contribution >= 4 is 17.8 Å². The Hall–Kier alpha value is -1.89. The molecular weight excluding hydrogens is 274 g/mol. The minimum atomic E-state index is -1.10. The standard InChI is InChI=1S/C14H23N3O4/c1-4-9(5-2)13(19)17-7-10(14(20)21)6-11(15)12(17)16-8(3)18/h6,9,11-12H,4-5,7,15H2,1-3H3,(H,16,18)(H,20,21)/t11-,12-/m0/s1. The van der Waals surface area contributed by atoms with Crippen LogP contribution in [0.2, 0.25) is 0 Å². The molecule has 4 N–H and O–H groups in total. The molecule has 2 atom stereocenters. The van der Waals surface area contributed by atoms with Crippen LogP contribution in [0.5, 0.6) is 0 Å². The molecule has 21 heavy (non-hydrogen) atoms. The molecule has 0 unspecified atom stereocenters. The summed E-state index contributed by atoms with van der Waals surface area (Å²) in [6.07, 6.45) is 1.98. The number of nitrogens with two attached hydrogens (primary N) is 1. The zero-order valence-electron chi connectivity index (χ0n) is 12.6. The van der Waals surface area contributed by atoms with Crippen LogP contribution in [-0.4, -0.2) is 46.5 Å². The van der Waals surface area contributed by atoms with Crippen molar-refractivity contribution in [1.29, 1.82) is 0 Å². The summed E-state index contributed by atoms with van der Waals surface area (Å²) in [5.41, 5.74) is 5.99. The second kappa shape index (κ2) is 7.21. The molecule has 0 saturated heterocycles. The molecule has 1 rings (SSSR count). The predicted octanol–water partition coefficient (Wildman–Crippen LogP) is 0.0653. The second-order valence-electron chi connectivity index (χ2n) is 5.20. The molecule has 0 bridgehead atoms. The number of carboxylic acids is 1. The van der Waals surface area contributed by atoms with Crippen molar-refractivity contribution in [1.82, 2.24) is 10.2 Å². The summed E-state index contributed by atoms with van der Waals surface area (Å²) in [4.78, 5) is 36.4. The van der Waals surface area contributed by atoms with E-state index in [0.29, 0.717) is 12.8 Å². The molecule has 0 radical (unpaired) electrons. The fourth-order valence-electron chi connectivity index (χ4n) is 2.47. The summed E-state index contributed by atoms with van der Waals surface area (Å²) in [7, 11) is 0. The fraction of sp³-hybridized carbons (Fsp3) is 0.643. The Morgan fingerprint density at radius 1 is 1.43 bits per heavy atom. The summed E-state index contributed by atoms with van der Waals surface area (Å²) in [6.45, 7) is 5.08. The molecular formula is C14H23N3O4. The lowest BCUT2D eigenvalue weighted by Gasteiger charge is -2.39. The number of nitrogens with zero attached hydrogens (tertiary/aromatic N) is 1. The van der Waals surface area contributed by atoms with Crippen molar-refractivity contribution in [2.45, 2.75) is 45.8 Å². The summed E-state index contributed by atoms with van der Waals surface area (Å²) in [5, 5.41) is 11.8. The molecule has 7 nitrogen and oxygen atoms in total. The van der Waals surface area contributed by atoms with E-state index in [1.165, 1.54) is 17.9 Å². The van der Waals surface area contributed by atoms with Gasteiger partial charge >= 0.3 is 5.97 Å². The topological polar surface area (TPSA) is 113 Å². The van der Waals surface area contributed by atoms with Gasteiger partial charge in [0, 0.05) is 12.8 Å². The van der Waals surface area contributed by atoms with Gasteiger partial charge in [0.05, 0.1) is 18.2 Å². The van der Waals surface area contributed by atoms with Crippen molar-refractivity contribution < 1.29 is 19.5 Å². The van der Waals surface area contributed by atoms with Gasteiger partial charge in [-0.3, -0.25) is 9.59 Å². The Labute approximate surface area is 124 Å². The number of carbonyl (C=O) groups excluding carboxylic acids is 2. The van der Waals surface area contributed by atoms with Gasteiger partial charge in [0.1, 0.15) is 6.17 Å². The number of carbonyl (C=O) groups is 3. The maximum atomic E-state index is 12.6. The molecule has 1 aliphatic heterocycles. The van der Waals surface area contributed by atoms with Crippen molar-refractivity contribution in [3.8, 4) is 0 Å². The van der Waals surface area contributed by atoms with Crippen LogP contribution in [0.1, 0.15) is 33.6 Å². The lowest BCUT2D eigenvalue weighted by atomic mass is 9.97. The molecule has 0 aromatic carbocycles. The van der Waals surface area contributed by atoms with E-state index in [2.05, 4.69) is 5.32 Å². The Morgan fingerprint density at radius 2 is 2.00 bits per heavy atom. The van der Waals surface area contributed by atoms with Gasteiger partial charge in [0.2, 0.25) is 11.8 Å². The second-order valence-corrected chi connectivity index (χ2v) is 5.20. The highest BCUT2D eigenvalue weighted by molar-refractivity contribution is 5.90. The van der Waals surface area contributed by atoms with Crippen LogP contribution in [0.4, 0.5) is 0 Å². The van der Waals surface area contributed by atoms with Crippen LogP contribution >= 0.6 is 0 Å². The van der Waals surface area contributed by atoms with Crippen LogP contribution in [0.25, 0.3) is 0 Å². The van der Waals surface area contributed by atoms with E-state index in [0.717, 1.165) is 0 Å². The Bertz CT molecular complexity index is 457. The van der Waals surface area contributed by atoms with Crippen LogP contribution in [0, 0.1) is 5.92 Å². The molecule has 0 saturated carbocycles. The quantitative estimate of drug-likeness (QED) is 0.664. The van der Waals surface area contributed by atoms with E-state index in [4.69, 9.17) is 10.8 Å². The van der Waals surface area contributed by atoms with Crippen molar-refractivity contribution in [2.75, 3.05) is 6.54 Å². The monoisotopic (exact) mass is 297 g/mol. The Morgan fingerprint density at radius 3 is 2.43 bits per heavy atom. The van der Waals surface area contributed by atoms with Gasteiger partial charge in [0.25, 0.3) is 0 Å². The average Bonchev–Trinajstić information content (AvgIpc) is 2.41. The molecule has 0 aromatic heterocycles. The minimum Gasteiger partial charge on any atom is -0.478 e. The Balaban J connectivity index is 3.09. The van der Waals surface area contributed by atoms with Crippen LogP contribution in [-0.2, 0) is 14.4 Å². The van der Waals surface area contributed by atoms with E-state index in [-0.39, 0.29) is 29.9 Å². The number of nitrogens with one attached hydrogen (secondary N) is 1. The van der Waals surface area contributed by atoms with E-state index in [9.17, 15) is 14.4 Å². The lowest BCUT2D eigenvalue weighted by Crippen LogP contribution is -2.62. The molecule has 2 amide bonds. The van der Waals surface area contributed by atoms with Crippen LogP contribution in [0.15, 0.2) is 11.6 Å². The third-order valence-corrected chi connectivity index (χ3v) is 3.68. The van der Waals surface area contributed by atoms with E-state index in [1.807, 2.05) is 13.8 Å². The van der Waals surface area contributed by atoms with Gasteiger partial charge in [-0.1, -0.05) is 19.9 Å². The molecule has 0 aromatic rings. The summed E-state index contributed by atoms with van der Waals surface area (Å²) in [6, 6.07) is -0.743. The first-order valence-electron chi connectivity index (χ1n) is 7.08. The number of hydrogen-bond donors (Lipinski definition) is 3. The highest BCUT2D eigenvalue weighted by Gasteiger charge is 2.36. The summed E-state index contributed by atoms with van der Waals surface area (Å²) < 4.78 is 0. The number of carboxylic acid groups (broad SMARTS) is 1. The van der Waals surface area contributed by atoms with Crippen molar-refractivity contribution in [2.24, 2.45) is 11.7 Å². The lowest BCUT2D eigenvalue weighted by molar-refractivity contribution is -0.141. The van der Waals surface area contributed by atoms with Gasteiger partial charge in [-0.05, 0) is 12.8 Å². The van der Waals surface area contributed by atoms with Crippen molar-refractivity contribution in [3.05, 3.63) is 11.6 Å². The van der Waals surface area contributed by atoms with Gasteiger partial charge < -0.3 is 21.1 Å². The summed E-state index contributed by atoms with van der Waals surface area (Å²) in [5.74, 6) is -1.80. The SMILES string of the molecule is CCC(CC)C(=O)N1CC(C(=O)O)=C[C@H](N)[C@H]1NC(C)=O. The van der Waals surface area contributed by atoms with Gasteiger partial charge in [-0.2, -0.15) is 0 Å². The van der Waals surface area contributed by atoms with Crippen LogP contribution < -0.4 is 11.1 Å². The molecule has 1 aliphatic rings. The molecule has 0 aliphatic carbocycles. The van der Waals surface area contributed by atoms with Crippen molar-refractivity contribution in [3.63, 3.8) is 0 Å². The maximum absolute atomic E-state index is 12.6. The first-order valence-corrected chi connectivity index (χ1v) is 7.08. The largest absolute Gasteiger partial charge is 0.478 e. The first-order chi connectivity index (χ1) is 9.81. The van der Waals surface area contributed by atoms with Gasteiger partial charge in [-0.15, -0.1) is 0 Å². The van der Waals surface area contributed by atoms with E-state index in [1.54, 1.807) is 0 Å². The number of hydrogen-bond acceptors (Lipinski definition) is 4. The molecule has 118 valence electrons. The highest BCUT2D eigenvalue weighted by atomic mass is 16.4.